The Morgan fingerprint density at radius 1 is 1.00 bits per heavy atom. The number of carboxylic acids is 1. The molecule has 5 heteroatoms. The molecule has 3 aromatic rings. The number of nitrogens with zero attached hydrogens (tertiary/aromatic N) is 1. The molecule has 0 unspecified atom stereocenters. The Hall–Kier alpha value is -2.36. The summed E-state index contributed by atoms with van der Waals surface area (Å²) < 4.78 is 0. The third kappa shape index (κ3) is 3.36. The number of hydrogen-bond donors (Lipinski definition) is 1. The van der Waals surface area contributed by atoms with Gasteiger partial charge < -0.3 is 5.11 Å². The van der Waals surface area contributed by atoms with Gasteiger partial charge >= 0.3 is 5.97 Å². The Balaban J connectivity index is 2.04. The molecule has 2 aromatic carbocycles. The third-order valence-corrected chi connectivity index (χ3v) is 4.10. The van der Waals surface area contributed by atoms with Crippen LogP contribution in [0.25, 0.3) is 23.1 Å². The minimum Gasteiger partial charge on any atom is -0.478 e. The summed E-state index contributed by atoms with van der Waals surface area (Å²) in [6, 6.07) is 14.0. The predicted molar refractivity (Wildman–Crippen MR) is 94.1 cm³/mol. The van der Waals surface area contributed by atoms with Crippen LogP contribution in [0.1, 0.15) is 21.6 Å². The van der Waals surface area contributed by atoms with Crippen LogP contribution in [-0.2, 0) is 0 Å². The second-order valence-corrected chi connectivity index (χ2v) is 5.74. The van der Waals surface area contributed by atoms with E-state index >= 15 is 0 Å². The first-order valence-corrected chi connectivity index (χ1v) is 7.56. The SMILES string of the molecule is O=C(O)c1cc(/C=C/c2ccc(Cl)c(Cl)c2)nc2ccccc12. The molecular formula is C18H11Cl2NO2. The summed E-state index contributed by atoms with van der Waals surface area (Å²) in [6.45, 7) is 0. The minimum absolute atomic E-state index is 0.226. The lowest BCUT2D eigenvalue weighted by Crippen LogP contribution is -2.00. The number of hydrogen-bond acceptors (Lipinski definition) is 2. The standard InChI is InChI=1S/C18H11Cl2NO2/c19-15-8-6-11(9-16(15)20)5-7-12-10-14(18(22)23)13-3-1-2-4-17(13)21-12/h1-10H,(H,22,23)/b7-5+. The average molecular weight is 344 g/mol. The molecule has 0 spiro atoms. The van der Waals surface area contributed by atoms with Crippen LogP contribution in [0.2, 0.25) is 10.0 Å². The molecule has 1 aromatic heterocycles. The number of carboxylic acid groups (broad SMARTS) is 1. The molecule has 0 aliphatic heterocycles. The van der Waals surface area contributed by atoms with Crippen LogP contribution in [-0.4, -0.2) is 16.1 Å². The summed E-state index contributed by atoms with van der Waals surface area (Å²) in [4.78, 5) is 15.9. The van der Waals surface area contributed by atoms with Gasteiger partial charge in [-0.2, -0.15) is 0 Å². The first-order chi connectivity index (χ1) is 11.0. The molecule has 114 valence electrons. The topological polar surface area (TPSA) is 50.2 Å². The Morgan fingerprint density at radius 3 is 2.52 bits per heavy atom. The summed E-state index contributed by atoms with van der Waals surface area (Å²) in [6.07, 6.45) is 3.56. The van der Waals surface area contributed by atoms with E-state index in [1.54, 1.807) is 42.5 Å². The molecule has 3 nitrogen and oxygen atoms in total. The zero-order valence-electron chi connectivity index (χ0n) is 11.8. The van der Waals surface area contributed by atoms with Crippen molar-refractivity contribution >= 4 is 52.2 Å². The molecule has 0 atom stereocenters. The van der Waals surface area contributed by atoms with Gasteiger partial charge in [-0.3, -0.25) is 0 Å². The van der Waals surface area contributed by atoms with E-state index in [1.807, 2.05) is 18.2 Å². The van der Waals surface area contributed by atoms with Crippen LogP contribution >= 0.6 is 23.2 Å². The average Bonchev–Trinajstić information content (AvgIpc) is 2.55. The van der Waals surface area contributed by atoms with Gasteiger partial charge in [-0.15, -0.1) is 0 Å². The number of para-hydroxylation sites is 1. The van der Waals surface area contributed by atoms with Gasteiger partial charge in [0.25, 0.3) is 0 Å². The highest BCUT2D eigenvalue weighted by Gasteiger charge is 2.10. The van der Waals surface area contributed by atoms with Crippen LogP contribution in [0.3, 0.4) is 0 Å². The molecule has 3 rings (SSSR count). The number of benzene rings is 2. The fourth-order valence-corrected chi connectivity index (χ4v) is 2.56. The van der Waals surface area contributed by atoms with Gasteiger partial charge in [-0.05, 0) is 35.9 Å². The Labute approximate surface area is 142 Å². The lowest BCUT2D eigenvalue weighted by Gasteiger charge is -2.04. The number of pyridine rings is 1. The van der Waals surface area contributed by atoms with Gasteiger partial charge in [0.05, 0.1) is 26.8 Å². The van der Waals surface area contributed by atoms with Crippen molar-refractivity contribution in [2.24, 2.45) is 0 Å². The Bertz CT molecular complexity index is 935. The molecule has 0 radical (unpaired) electrons. The van der Waals surface area contributed by atoms with Crippen molar-refractivity contribution in [3.8, 4) is 0 Å². The quantitative estimate of drug-likeness (QED) is 0.691. The molecule has 0 amide bonds. The van der Waals surface area contributed by atoms with Crippen molar-refractivity contribution in [1.29, 1.82) is 0 Å². The van der Waals surface area contributed by atoms with Gasteiger partial charge in [0.15, 0.2) is 0 Å². The van der Waals surface area contributed by atoms with E-state index < -0.39 is 5.97 Å². The van der Waals surface area contributed by atoms with Gasteiger partial charge in [0, 0.05) is 5.39 Å². The maximum atomic E-state index is 11.4. The van der Waals surface area contributed by atoms with Crippen molar-refractivity contribution in [2.75, 3.05) is 0 Å². The van der Waals surface area contributed by atoms with E-state index in [0.29, 0.717) is 26.6 Å². The monoisotopic (exact) mass is 343 g/mol. The highest BCUT2D eigenvalue weighted by molar-refractivity contribution is 6.42. The highest BCUT2D eigenvalue weighted by atomic mass is 35.5. The zero-order chi connectivity index (χ0) is 16.4. The molecule has 0 aliphatic carbocycles. The Morgan fingerprint density at radius 2 is 1.78 bits per heavy atom. The lowest BCUT2D eigenvalue weighted by molar-refractivity contribution is 0.0699. The molecule has 0 fully saturated rings. The number of carbonyl (C=O) groups is 1. The second kappa shape index (κ2) is 6.41. The first-order valence-electron chi connectivity index (χ1n) is 6.81. The van der Waals surface area contributed by atoms with E-state index in [-0.39, 0.29) is 5.56 Å². The van der Waals surface area contributed by atoms with Crippen molar-refractivity contribution < 1.29 is 9.90 Å². The molecule has 23 heavy (non-hydrogen) atoms. The number of aromatic nitrogens is 1. The van der Waals surface area contributed by atoms with Crippen molar-refractivity contribution in [3.05, 3.63) is 75.4 Å². The van der Waals surface area contributed by atoms with Crippen molar-refractivity contribution in [3.63, 3.8) is 0 Å². The largest absolute Gasteiger partial charge is 0.478 e. The van der Waals surface area contributed by atoms with E-state index in [4.69, 9.17) is 23.2 Å². The van der Waals surface area contributed by atoms with Gasteiger partial charge in [-0.1, -0.05) is 53.5 Å². The molecule has 1 heterocycles. The van der Waals surface area contributed by atoms with Crippen LogP contribution < -0.4 is 0 Å². The van der Waals surface area contributed by atoms with Gasteiger partial charge in [0.1, 0.15) is 0 Å². The molecule has 0 bridgehead atoms. The predicted octanol–water partition coefficient (Wildman–Crippen LogP) is 5.41. The van der Waals surface area contributed by atoms with Crippen LogP contribution in [0.4, 0.5) is 0 Å². The van der Waals surface area contributed by atoms with Gasteiger partial charge in [0.2, 0.25) is 0 Å². The van der Waals surface area contributed by atoms with Crippen molar-refractivity contribution in [2.45, 2.75) is 0 Å². The normalized spacial score (nSPS) is 11.2. The van der Waals surface area contributed by atoms with Crippen LogP contribution in [0.5, 0.6) is 0 Å². The number of halogens is 2. The third-order valence-electron chi connectivity index (χ3n) is 3.36. The summed E-state index contributed by atoms with van der Waals surface area (Å²) >= 11 is 11.9. The Kier molecular flexibility index (Phi) is 4.33. The van der Waals surface area contributed by atoms with E-state index in [0.717, 1.165) is 5.56 Å². The number of rotatable bonds is 3. The summed E-state index contributed by atoms with van der Waals surface area (Å²) in [5.41, 5.74) is 2.28. The highest BCUT2D eigenvalue weighted by Crippen LogP contribution is 2.24. The van der Waals surface area contributed by atoms with E-state index in [9.17, 15) is 9.90 Å². The zero-order valence-corrected chi connectivity index (χ0v) is 13.3. The summed E-state index contributed by atoms with van der Waals surface area (Å²) in [5.74, 6) is -0.979. The molecule has 0 aliphatic rings. The summed E-state index contributed by atoms with van der Waals surface area (Å²) in [5, 5.41) is 10.9. The number of aromatic carboxylic acids is 1. The minimum atomic E-state index is -0.979. The molecular weight excluding hydrogens is 333 g/mol. The van der Waals surface area contributed by atoms with Crippen molar-refractivity contribution in [1.82, 2.24) is 4.98 Å². The molecule has 0 saturated heterocycles. The van der Waals surface area contributed by atoms with Crippen LogP contribution in [0, 0.1) is 0 Å². The number of fused-ring (bicyclic) bond motifs is 1. The fourth-order valence-electron chi connectivity index (χ4n) is 2.26. The molecule has 0 saturated carbocycles. The summed E-state index contributed by atoms with van der Waals surface area (Å²) in [7, 11) is 0. The van der Waals surface area contributed by atoms with Crippen LogP contribution in [0.15, 0.2) is 48.5 Å². The first kappa shape index (κ1) is 15.5. The second-order valence-electron chi connectivity index (χ2n) is 4.92. The smallest absolute Gasteiger partial charge is 0.336 e. The van der Waals surface area contributed by atoms with E-state index in [2.05, 4.69) is 4.98 Å². The van der Waals surface area contributed by atoms with Gasteiger partial charge in [-0.25, -0.2) is 9.78 Å². The maximum Gasteiger partial charge on any atom is 0.336 e. The maximum absolute atomic E-state index is 11.4. The lowest BCUT2D eigenvalue weighted by atomic mass is 10.1. The fraction of sp³-hybridized carbons (Fsp3) is 0. The van der Waals surface area contributed by atoms with E-state index in [1.165, 1.54) is 0 Å². The molecule has 1 N–H and O–H groups in total.